The zero-order valence-electron chi connectivity index (χ0n) is 21.9. The lowest BCUT2D eigenvalue weighted by Gasteiger charge is -2.49. The number of benzene rings is 2. The topological polar surface area (TPSA) is 114 Å². The highest BCUT2D eigenvalue weighted by Gasteiger charge is 2.55. The second-order valence-electron chi connectivity index (χ2n) is 9.31. The van der Waals surface area contributed by atoms with E-state index in [9.17, 15) is 14.4 Å². The van der Waals surface area contributed by atoms with E-state index in [1.165, 1.54) is 39.3 Å². The highest BCUT2D eigenvalue weighted by atomic mass is 32.2. The molecule has 6 rings (SSSR count). The second-order valence-corrected chi connectivity index (χ2v) is 12.4. The van der Waals surface area contributed by atoms with Gasteiger partial charge in [-0.3, -0.25) is 14.5 Å². The Morgan fingerprint density at radius 2 is 1.73 bits per heavy atom. The molecule has 9 nitrogen and oxygen atoms in total. The van der Waals surface area contributed by atoms with Crippen molar-refractivity contribution < 1.29 is 19.1 Å². The van der Waals surface area contributed by atoms with Gasteiger partial charge in [-0.15, -0.1) is 33.3 Å². The molecule has 2 atom stereocenters. The van der Waals surface area contributed by atoms with E-state index in [1.807, 2.05) is 78.2 Å². The minimum Gasteiger partial charge on any atom is -0.448 e. The van der Waals surface area contributed by atoms with Gasteiger partial charge < -0.3 is 15.4 Å². The van der Waals surface area contributed by atoms with Gasteiger partial charge in [-0.1, -0.05) is 78.1 Å². The van der Waals surface area contributed by atoms with Crippen LogP contribution in [0, 0.1) is 0 Å². The number of ether oxygens (including phenoxy) is 1. The Kier molecular flexibility index (Phi) is 7.86. The van der Waals surface area contributed by atoms with E-state index in [0.717, 1.165) is 16.0 Å². The first-order valence-corrected chi connectivity index (χ1v) is 15.6. The summed E-state index contributed by atoms with van der Waals surface area (Å²) in [5.74, 6) is -0.835. The zero-order valence-corrected chi connectivity index (χ0v) is 24.3. The largest absolute Gasteiger partial charge is 0.448 e. The predicted octanol–water partition coefficient (Wildman–Crippen LogP) is 4.33. The Balaban J connectivity index is 1.32. The number of β-lactam (4-membered cyclic amide) rings is 1. The number of fused-ring (bicyclic) bond motifs is 1. The Hall–Kier alpha value is -4.00. The third-order valence-corrected chi connectivity index (χ3v) is 9.88. The zero-order chi connectivity index (χ0) is 28.3. The van der Waals surface area contributed by atoms with Crippen LogP contribution >= 0.6 is 34.4 Å². The molecule has 208 valence electrons. The summed E-state index contributed by atoms with van der Waals surface area (Å²) in [6.45, 7) is 0. The van der Waals surface area contributed by atoms with Crippen LogP contribution in [0.2, 0.25) is 0 Å². The van der Waals surface area contributed by atoms with Crippen molar-refractivity contribution >= 4 is 62.9 Å². The molecule has 1 unspecified atom stereocenters. The van der Waals surface area contributed by atoms with E-state index in [-0.39, 0.29) is 23.9 Å². The number of anilines is 1. The van der Waals surface area contributed by atoms with Crippen molar-refractivity contribution in [2.45, 2.75) is 23.9 Å². The van der Waals surface area contributed by atoms with Crippen molar-refractivity contribution in [3.05, 3.63) is 105 Å². The van der Waals surface area contributed by atoms with Gasteiger partial charge in [0.25, 0.3) is 5.91 Å². The summed E-state index contributed by atoms with van der Waals surface area (Å²) in [6, 6.07) is 22.0. The molecule has 2 aromatic heterocycles. The maximum atomic E-state index is 14.1. The summed E-state index contributed by atoms with van der Waals surface area (Å²) in [7, 11) is 1.74. The van der Waals surface area contributed by atoms with Gasteiger partial charge >= 0.3 is 5.97 Å². The maximum Gasteiger partial charge on any atom is 0.356 e. The number of carbonyl (C=O) groups is 3. The van der Waals surface area contributed by atoms with Crippen LogP contribution in [0.15, 0.2) is 83.9 Å². The van der Waals surface area contributed by atoms with Gasteiger partial charge in [0.05, 0.1) is 6.42 Å². The molecule has 0 radical (unpaired) electrons. The van der Waals surface area contributed by atoms with Crippen LogP contribution in [-0.2, 0) is 25.5 Å². The number of nitrogens with one attached hydrogen (secondary N) is 2. The monoisotopic (exact) mass is 603 g/mol. The molecule has 2 aliphatic rings. The number of amides is 2. The third-order valence-electron chi connectivity index (χ3n) is 6.72. The number of rotatable bonds is 9. The van der Waals surface area contributed by atoms with E-state index in [0.29, 0.717) is 21.5 Å². The molecule has 1 saturated heterocycles. The summed E-state index contributed by atoms with van der Waals surface area (Å²) in [4.78, 5) is 42.7. The Labute approximate surface area is 248 Å². The molecule has 2 N–H and O–H groups in total. The van der Waals surface area contributed by atoms with Crippen molar-refractivity contribution in [2.75, 3.05) is 18.1 Å². The molecular formula is C29H25N5O4S3. The predicted molar refractivity (Wildman–Crippen MR) is 160 cm³/mol. The van der Waals surface area contributed by atoms with Crippen LogP contribution in [0.4, 0.5) is 5.13 Å². The van der Waals surface area contributed by atoms with Crippen molar-refractivity contribution in [1.82, 2.24) is 20.4 Å². The van der Waals surface area contributed by atoms with Crippen molar-refractivity contribution in [2.24, 2.45) is 0 Å². The molecule has 0 bridgehead atoms. The van der Waals surface area contributed by atoms with Gasteiger partial charge in [-0.05, 0) is 22.6 Å². The molecule has 41 heavy (non-hydrogen) atoms. The number of thiophene rings is 1. The summed E-state index contributed by atoms with van der Waals surface area (Å²) in [5.41, 5.74) is 2.32. The fourth-order valence-corrected chi connectivity index (χ4v) is 7.64. The second kappa shape index (κ2) is 11.9. The van der Waals surface area contributed by atoms with Crippen LogP contribution in [0.3, 0.4) is 0 Å². The summed E-state index contributed by atoms with van der Waals surface area (Å²) >= 11 is 4.26. The van der Waals surface area contributed by atoms with E-state index in [2.05, 4.69) is 20.8 Å². The Morgan fingerprint density at radius 1 is 1.02 bits per heavy atom. The van der Waals surface area contributed by atoms with Crippen molar-refractivity contribution in [3.8, 4) is 0 Å². The fraction of sp³-hybridized carbons (Fsp3) is 0.207. The lowest BCUT2D eigenvalue weighted by molar-refractivity contribution is -0.154. The quantitative estimate of drug-likeness (QED) is 0.215. The first-order chi connectivity index (χ1) is 20.0. The number of aromatic nitrogens is 2. The lowest BCUT2D eigenvalue weighted by Crippen LogP contribution is -2.70. The number of carbonyl (C=O) groups excluding carboxylic acids is 3. The summed E-state index contributed by atoms with van der Waals surface area (Å²) < 4.78 is 6.19. The average Bonchev–Trinajstić information content (AvgIpc) is 3.71. The van der Waals surface area contributed by atoms with Crippen molar-refractivity contribution in [3.63, 3.8) is 0 Å². The molecule has 2 aromatic carbocycles. The lowest BCUT2D eigenvalue weighted by atomic mass is 10.0. The van der Waals surface area contributed by atoms with Crippen molar-refractivity contribution in [1.29, 1.82) is 0 Å². The number of hydrogen-bond acceptors (Lipinski definition) is 10. The molecular weight excluding hydrogens is 579 g/mol. The first-order valence-electron chi connectivity index (χ1n) is 12.9. The number of nitrogens with zero attached hydrogens (tertiary/aromatic N) is 3. The van der Waals surface area contributed by atoms with Crippen LogP contribution in [-0.4, -0.2) is 57.1 Å². The van der Waals surface area contributed by atoms with Gasteiger partial charge in [0.15, 0.2) is 6.10 Å². The molecule has 1 fully saturated rings. The average molecular weight is 604 g/mol. The Bertz CT molecular complexity index is 1550. The van der Waals surface area contributed by atoms with Gasteiger partial charge in [-0.25, -0.2) is 4.79 Å². The standard InChI is InChI=1S/C29H25N5O4S3/c1-30-29-33-32-25(41-29)20-16-40-27-22(31-21(35)15-19-13-8-14-39-19)26(36)34(27)23(20)28(37)38-24(17-9-4-2-5-10-17)18-11-6-3-7-12-18/h2-14,22,24,27H,15-16H2,1H3,(H,30,33)(H,31,35)/t22?,27-/m0/s1. The van der Waals surface area contributed by atoms with Gasteiger partial charge in [0.2, 0.25) is 11.0 Å². The fourth-order valence-electron chi connectivity index (χ4n) is 4.76. The molecule has 0 saturated carbocycles. The van der Waals surface area contributed by atoms with Crippen LogP contribution < -0.4 is 10.6 Å². The molecule has 12 heteroatoms. The molecule has 4 aromatic rings. The molecule has 2 aliphatic heterocycles. The van der Waals surface area contributed by atoms with Crippen LogP contribution in [0.5, 0.6) is 0 Å². The van der Waals surface area contributed by atoms with E-state index in [4.69, 9.17) is 4.74 Å². The van der Waals surface area contributed by atoms with Gasteiger partial charge in [0.1, 0.15) is 22.1 Å². The van der Waals surface area contributed by atoms with Gasteiger partial charge in [-0.2, -0.15) is 0 Å². The SMILES string of the molecule is CNc1nnc(C2=C(C(=O)OC(c3ccccc3)c3ccccc3)N3C(=O)C(NC(=O)Cc4cccs4)[C@@H]3SC2)s1. The normalized spacial score (nSPS) is 18.1. The minimum absolute atomic E-state index is 0.137. The summed E-state index contributed by atoms with van der Waals surface area (Å²) in [6.07, 6.45) is -0.492. The minimum atomic E-state index is -0.738. The maximum absolute atomic E-state index is 14.1. The highest BCUT2D eigenvalue weighted by molar-refractivity contribution is 8.00. The van der Waals surface area contributed by atoms with Gasteiger partial charge in [0, 0.05) is 23.3 Å². The van der Waals surface area contributed by atoms with E-state index in [1.54, 1.807) is 7.05 Å². The Morgan fingerprint density at radius 3 is 2.34 bits per heavy atom. The van der Waals surface area contributed by atoms with E-state index >= 15 is 0 Å². The number of hydrogen-bond donors (Lipinski definition) is 2. The highest BCUT2D eigenvalue weighted by Crippen LogP contribution is 2.45. The van der Waals surface area contributed by atoms with Crippen LogP contribution in [0.1, 0.15) is 27.1 Å². The smallest absolute Gasteiger partial charge is 0.356 e. The molecule has 2 amide bonds. The number of esters is 1. The number of thioether (sulfide) groups is 1. The molecule has 4 heterocycles. The van der Waals surface area contributed by atoms with Crippen LogP contribution in [0.25, 0.3) is 5.57 Å². The van der Waals surface area contributed by atoms with E-state index < -0.39 is 23.5 Å². The third kappa shape index (κ3) is 5.50. The molecule has 0 spiro atoms. The first kappa shape index (κ1) is 27.2. The summed E-state index contributed by atoms with van der Waals surface area (Å²) in [5, 5.41) is 16.8. The molecule has 0 aliphatic carbocycles.